The molecule has 0 atom stereocenters. The number of benzene rings is 1. The molecule has 0 saturated carbocycles. The van der Waals surface area contributed by atoms with Crippen LogP contribution in [0.4, 0.5) is 5.13 Å². The number of carbonyl (C=O) groups is 1. The molecule has 3 aromatic rings. The summed E-state index contributed by atoms with van der Waals surface area (Å²) in [6, 6.07) is 9.68. The fourth-order valence-corrected chi connectivity index (χ4v) is 3.95. The van der Waals surface area contributed by atoms with Crippen molar-refractivity contribution >= 4 is 32.6 Å². The second kappa shape index (κ2) is 6.37. The zero-order valence-corrected chi connectivity index (χ0v) is 14.4. The van der Waals surface area contributed by atoms with E-state index in [0.717, 1.165) is 35.6 Å². The van der Waals surface area contributed by atoms with Gasteiger partial charge in [-0.05, 0) is 62.7 Å². The van der Waals surface area contributed by atoms with Crippen LogP contribution in [0.1, 0.15) is 34.7 Å². The van der Waals surface area contributed by atoms with E-state index in [1.807, 2.05) is 25.1 Å². The Hall–Kier alpha value is -2.18. The van der Waals surface area contributed by atoms with E-state index in [0.29, 0.717) is 10.9 Å². The molecule has 0 aliphatic carbocycles. The van der Waals surface area contributed by atoms with Gasteiger partial charge in [0.2, 0.25) is 0 Å². The largest absolute Gasteiger partial charge is 0.455 e. The number of hydrogen-bond donors (Lipinski definition) is 1. The van der Waals surface area contributed by atoms with E-state index >= 15 is 0 Å². The number of nitrogens with zero attached hydrogens (tertiary/aromatic N) is 2. The lowest BCUT2D eigenvalue weighted by molar-refractivity contribution is 0.0993. The second-order valence-corrected chi connectivity index (χ2v) is 7.22. The highest BCUT2D eigenvalue weighted by Crippen LogP contribution is 2.27. The lowest BCUT2D eigenvalue weighted by Crippen LogP contribution is -2.18. The van der Waals surface area contributed by atoms with Crippen molar-refractivity contribution in [2.75, 3.05) is 18.4 Å². The number of likely N-dealkylation sites (tertiary alicyclic amines) is 1. The molecule has 24 heavy (non-hydrogen) atoms. The maximum Gasteiger partial charge on any atom is 0.293 e. The monoisotopic (exact) mass is 341 g/mol. The Morgan fingerprint density at radius 1 is 1.29 bits per heavy atom. The number of amides is 1. The quantitative estimate of drug-likeness (QED) is 0.778. The molecule has 2 aromatic heterocycles. The van der Waals surface area contributed by atoms with E-state index in [2.05, 4.69) is 21.3 Å². The first-order valence-electron chi connectivity index (χ1n) is 8.17. The lowest BCUT2D eigenvalue weighted by atomic mass is 10.2. The first-order valence-corrected chi connectivity index (χ1v) is 8.99. The van der Waals surface area contributed by atoms with E-state index in [4.69, 9.17) is 4.42 Å². The predicted molar refractivity (Wildman–Crippen MR) is 95.5 cm³/mol. The van der Waals surface area contributed by atoms with Gasteiger partial charge >= 0.3 is 0 Å². The Morgan fingerprint density at radius 2 is 2.12 bits per heavy atom. The van der Waals surface area contributed by atoms with Gasteiger partial charge in [-0.2, -0.15) is 0 Å². The molecule has 1 aromatic carbocycles. The van der Waals surface area contributed by atoms with E-state index < -0.39 is 0 Å². The third kappa shape index (κ3) is 3.20. The van der Waals surface area contributed by atoms with Gasteiger partial charge in [0.1, 0.15) is 5.76 Å². The van der Waals surface area contributed by atoms with Crippen molar-refractivity contribution in [3.8, 4) is 0 Å². The lowest BCUT2D eigenvalue weighted by Gasteiger charge is -2.11. The van der Waals surface area contributed by atoms with Crippen LogP contribution in [0.25, 0.3) is 10.2 Å². The molecule has 3 heterocycles. The van der Waals surface area contributed by atoms with Crippen molar-refractivity contribution < 1.29 is 9.21 Å². The Morgan fingerprint density at radius 3 is 2.96 bits per heavy atom. The third-order valence-electron chi connectivity index (χ3n) is 4.23. The molecule has 1 aliphatic rings. The number of carbonyl (C=O) groups excluding carboxylic acids is 1. The standard InChI is InChI=1S/C18H19N3O2S/c1-12-4-6-14-16(10-12)24-18(19-14)20-17(22)15-7-5-13(23-15)11-21-8-2-3-9-21/h4-7,10H,2-3,8-9,11H2,1H3,(H,19,20,22). The second-order valence-electron chi connectivity index (χ2n) is 6.19. The summed E-state index contributed by atoms with van der Waals surface area (Å²) >= 11 is 1.47. The number of hydrogen-bond acceptors (Lipinski definition) is 5. The van der Waals surface area contributed by atoms with Crippen LogP contribution >= 0.6 is 11.3 Å². The molecular weight excluding hydrogens is 322 g/mol. The van der Waals surface area contributed by atoms with Crippen molar-refractivity contribution in [1.82, 2.24) is 9.88 Å². The van der Waals surface area contributed by atoms with Crippen molar-refractivity contribution in [2.45, 2.75) is 26.3 Å². The van der Waals surface area contributed by atoms with Gasteiger partial charge in [-0.15, -0.1) is 0 Å². The number of anilines is 1. The molecule has 124 valence electrons. The van der Waals surface area contributed by atoms with Gasteiger partial charge in [-0.1, -0.05) is 17.4 Å². The highest BCUT2D eigenvalue weighted by Gasteiger charge is 2.17. The van der Waals surface area contributed by atoms with E-state index in [9.17, 15) is 4.79 Å². The van der Waals surface area contributed by atoms with Gasteiger partial charge in [0.15, 0.2) is 10.9 Å². The molecule has 1 saturated heterocycles. The predicted octanol–water partition coefficient (Wildman–Crippen LogP) is 4.05. The van der Waals surface area contributed by atoms with Crippen LogP contribution in [0.15, 0.2) is 34.7 Å². The molecule has 4 rings (SSSR count). The number of nitrogens with one attached hydrogen (secondary N) is 1. The minimum atomic E-state index is -0.251. The van der Waals surface area contributed by atoms with Crippen LogP contribution in [0.2, 0.25) is 0 Å². The molecule has 1 aliphatic heterocycles. The van der Waals surface area contributed by atoms with Crippen LogP contribution in [0.5, 0.6) is 0 Å². The Balaban J connectivity index is 1.45. The summed E-state index contributed by atoms with van der Waals surface area (Å²) < 4.78 is 6.76. The summed E-state index contributed by atoms with van der Waals surface area (Å²) in [7, 11) is 0. The van der Waals surface area contributed by atoms with Crippen LogP contribution in [-0.2, 0) is 6.54 Å². The van der Waals surface area contributed by atoms with Gasteiger partial charge in [-0.3, -0.25) is 15.0 Å². The molecule has 1 fully saturated rings. The summed E-state index contributed by atoms with van der Waals surface area (Å²) in [5, 5.41) is 3.43. The first-order chi connectivity index (χ1) is 11.7. The number of aromatic nitrogens is 1. The van der Waals surface area contributed by atoms with Crippen molar-refractivity contribution in [3.63, 3.8) is 0 Å². The average molecular weight is 341 g/mol. The molecule has 6 heteroatoms. The minimum Gasteiger partial charge on any atom is -0.455 e. The van der Waals surface area contributed by atoms with Crippen molar-refractivity contribution in [1.29, 1.82) is 0 Å². The number of thiazole rings is 1. The van der Waals surface area contributed by atoms with Crippen LogP contribution in [0, 0.1) is 6.92 Å². The number of furan rings is 1. The summed E-state index contributed by atoms with van der Waals surface area (Å²) in [5.74, 6) is 0.917. The third-order valence-corrected chi connectivity index (χ3v) is 5.16. The minimum absolute atomic E-state index is 0.251. The van der Waals surface area contributed by atoms with E-state index in [-0.39, 0.29) is 5.91 Å². The van der Waals surface area contributed by atoms with Crippen LogP contribution < -0.4 is 5.32 Å². The Labute approximate surface area is 144 Å². The van der Waals surface area contributed by atoms with Gasteiger partial charge in [0.25, 0.3) is 5.91 Å². The summed E-state index contributed by atoms with van der Waals surface area (Å²) in [4.78, 5) is 19.1. The molecule has 0 bridgehead atoms. The van der Waals surface area contributed by atoms with Gasteiger partial charge in [-0.25, -0.2) is 4.98 Å². The molecule has 1 amide bonds. The normalized spacial score (nSPS) is 15.2. The van der Waals surface area contributed by atoms with Gasteiger partial charge in [0, 0.05) is 0 Å². The molecule has 1 N–H and O–H groups in total. The van der Waals surface area contributed by atoms with Gasteiger partial charge < -0.3 is 4.42 Å². The Kier molecular flexibility index (Phi) is 4.08. The molecular formula is C18H19N3O2S. The highest BCUT2D eigenvalue weighted by molar-refractivity contribution is 7.22. The van der Waals surface area contributed by atoms with E-state index in [1.54, 1.807) is 6.07 Å². The van der Waals surface area contributed by atoms with Crippen LogP contribution in [-0.4, -0.2) is 28.9 Å². The van der Waals surface area contributed by atoms with Crippen LogP contribution in [0.3, 0.4) is 0 Å². The Bertz CT molecular complexity index is 877. The molecule has 0 radical (unpaired) electrons. The van der Waals surface area contributed by atoms with E-state index in [1.165, 1.54) is 29.7 Å². The SMILES string of the molecule is Cc1ccc2nc(NC(=O)c3ccc(CN4CCCC4)o3)sc2c1. The molecule has 0 spiro atoms. The number of aryl methyl sites for hydroxylation is 1. The summed E-state index contributed by atoms with van der Waals surface area (Å²) in [6.45, 7) is 5.02. The maximum atomic E-state index is 12.4. The first kappa shape index (κ1) is 15.4. The zero-order chi connectivity index (χ0) is 16.5. The number of rotatable bonds is 4. The topological polar surface area (TPSA) is 58.4 Å². The summed E-state index contributed by atoms with van der Waals surface area (Å²) in [6.07, 6.45) is 2.48. The highest BCUT2D eigenvalue weighted by atomic mass is 32.1. The maximum absolute atomic E-state index is 12.4. The van der Waals surface area contributed by atoms with Gasteiger partial charge in [0.05, 0.1) is 16.8 Å². The zero-order valence-electron chi connectivity index (χ0n) is 13.5. The fourth-order valence-electron chi connectivity index (χ4n) is 2.99. The molecule has 0 unspecified atom stereocenters. The summed E-state index contributed by atoms with van der Waals surface area (Å²) in [5.41, 5.74) is 2.08. The van der Waals surface area contributed by atoms with Crippen molar-refractivity contribution in [3.05, 3.63) is 47.4 Å². The molecule has 5 nitrogen and oxygen atoms in total. The smallest absolute Gasteiger partial charge is 0.293 e. The van der Waals surface area contributed by atoms with Crippen molar-refractivity contribution in [2.24, 2.45) is 0 Å². The fraction of sp³-hybridized carbons (Fsp3) is 0.333. The average Bonchev–Trinajstić information content (AvgIpc) is 3.27. The number of fused-ring (bicyclic) bond motifs is 1.